The zero-order valence-corrected chi connectivity index (χ0v) is 11.7. The van der Waals surface area contributed by atoms with Gasteiger partial charge in [-0.15, -0.1) is 0 Å². The van der Waals surface area contributed by atoms with E-state index in [0.29, 0.717) is 5.02 Å². The Morgan fingerprint density at radius 1 is 1.10 bits per heavy atom. The van der Waals surface area contributed by atoms with Crippen LogP contribution in [-0.2, 0) is 4.79 Å². The highest BCUT2D eigenvalue weighted by molar-refractivity contribution is 6.30. The van der Waals surface area contributed by atoms with E-state index in [9.17, 15) is 4.79 Å². The van der Waals surface area contributed by atoms with Crippen molar-refractivity contribution in [1.29, 1.82) is 0 Å². The molecular formula is C16H14ClNO2. The molecule has 0 atom stereocenters. The third-order valence-corrected chi connectivity index (χ3v) is 2.91. The van der Waals surface area contributed by atoms with Crippen LogP contribution in [0.3, 0.4) is 0 Å². The Bertz CT molecular complexity index is 603. The zero-order valence-electron chi connectivity index (χ0n) is 11.0. The van der Waals surface area contributed by atoms with Gasteiger partial charge in [0.25, 0.3) is 0 Å². The zero-order chi connectivity index (χ0) is 14.4. The third kappa shape index (κ3) is 4.14. The van der Waals surface area contributed by atoms with Crippen molar-refractivity contribution in [3.05, 3.63) is 65.2 Å². The van der Waals surface area contributed by atoms with Crippen molar-refractivity contribution in [1.82, 2.24) is 0 Å². The fourth-order valence-electron chi connectivity index (χ4n) is 1.60. The maximum absolute atomic E-state index is 11.8. The molecule has 0 radical (unpaired) electrons. The van der Waals surface area contributed by atoms with Crippen LogP contribution in [0, 0.1) is 0 Å². The van der Waals surface area contributed by atoms with Crippen molar-refractivity contribution in [3.8, 4) is 5.75 Å². The van der Waals surface area contributed by atoms with E-state index in [1.807, 2.05) is 12.1 Å². The maximum Gasteiger partial charge on any atom is 0.248 e. The molecular weight excluding hydrogens is 274 g/mol. The van der Waals surface area contributed by atoms with E-state index < -0.39 is 0 Å². The van der Waals surface area contributed by atoms with Crippen LogP contribution in [0.1, 0.15) is 5.56 Å². The second-order valence-electron chi connectivity index (χ2n) is 4.10. The number of methoxy groups -OCH3 is 1. The van der Waals surface area contributed by atoms with E-state index in [-0.39, 0.29) is 5.91 Å². The Morgan fingerprint density at radius 2 is 1.75 bits per heavy atom. The number of carbonyl (C=O) groups is 1. The van der Waals surface area contributed by atoms with Crippen LogP contribution in [-0.4, -0.2) is 13.0 Å². The number of carbonyl (C=O) groups excluding carboxylic acids is 1. The number of ether oxygens (including phenoxy) is 1. The van der Waals surface area contributed by atoms with Crippen molar-refractivity contribution in [2.45, 2.75) is 0 Å². The normalized spacial score (nSPS) is 10.5. The lowest BCUT2D eigenvalue weighted by atomic mass is 10.2. The quantitative estimate of drug-likeness (QED) is 0.863. The van der Waals surface area contributed by atoms with E-state index in [1.54, 1.807) is 49.6 Å². The van der Waals surface area contributed by atoms with Gasteiger partial charge in [0.2, 0.25) is 5.91 Å². The molecule has 102 valence electrons. The van der Waals surface area contributed by atoms with Gasteiger partial charge in [-0.2, -0.15) is 0 Å². The van der Waals surface area contributed by atoms with Crippen molar-refractivity contribution in [2.75, 3.05) is 12.4 Å². The molecule has 0 spiro atoms. The molecule has 2 aromatic carbocycles. The first-order chi connectivity index (χ1) is 9.67. The number of rotatable bonds is 4. The molecule has 0 aromatic heterocycles. The first-order valence-electron chi connectivity index (χ1n) is 6.06. The summed E-state index contributed by atoms with van der Waals surface area (Å²) in [6, 6.07) is 14.4. The van der Waals surface area contributed by atoms with Gasteiger partial charge in [-0.25, -0.2) is 0 Å². The number of benzene rings is 2. The molecule has 0 unspecified atom stereocenters. The summed E-state index contributed by atoms with van der Waals surface area (Å²) >= 11 is 5.79. The van der Waals surface area contributed by atoms with Gasteiger partial charge in [0.05, 0.1) is 7.11 Å². The standard InChI is InChI=1S/C16H14ClNO2/c1-20-15-9-7-14(8-10-15)18-16(19)11-4-12-2-5-13(17)6-3-12/h2-11H,1H3,(H,18,19)/b11-4+. The summed E-state index contributed by atoms with van der Waals surface area (Å²) in [5.74, 6) is 0.560. The number of anilines is 1. The predicted molar refractivity (Wildman–Crippen MR) is 82.1 cm³/mol. The lowest BCUT2D eigenvalue weighted by molar-refractivity contribution is -0.111. The van der Waals surface area contributed by atoms with Crippen LogP contribution in [0.15, 0.2) is 54.6 Å². The molecule has 0 heterocycles. The van der Waals surface area contributed by atoms with Gasteiger partial charge in [0.1, 0.15) is 5.75 Å². The molecule has 3 nitrogen and oxygen atoms in total. The molecule has 2 aromatic rings. The topological polar surface area (TPSA) is 38.3 Å². The van der Waals surface area contributed by atoms with Gasteiger partial charge >= 0.3 is 0 Å². The van der Waals surface area contributed by atoms with E-state index in [4.69, 9.17) is 16.3 Å². The Balaban J connectivity index is 1.96. The summed E-state index contributed by atoms with van der Waals surface area (Å²) in [7, 11) is 1.60. The minimum atomic E-state index is -0.190. The van der Waals surface area contributed by atoms with Crippen LogP contribution in [0.25, 0.3) is 6.08 Å². The smallest absolute Gasteiger partial charge is 0.248 e. The van der Waals surface area contributed by atoms with Gasteiger partial charge in [-0.05, 0) is 48.0 Å². The largest absolute Gasteiger partial charge is 0.497 e. The summed E-state index contributed by atoms with van der Waals surface area (Å²) in [6.07, 6.45) is 3.21. The van der Waals surface area contributed by atoms with Gasteiger partial charge in [-0.3, -0.25) is 4.79 Å². The summed E-state index contributed by atoms with van der Waals surface area (Å²) < 4.78 is 5.05. The molecule has 2 rings (SSSR count). The number of hydrogen-bond acceptors (Lipinski definition) is 2. The highest BCUT2D eigenvalue weighted by Gasteiger charge is 1.98. The average molecular weight is 288 g/mol. The molecule has 0 bridgehead atoms. The van der Waals surface area contributed by atoms with Crippen LogP contribution >= 0.6 is 11.6 Å². The number of hydrogen-bond donors (Lipinski definition) is 1. The number of amides is 1. The van der Waals surface area contributed by atoms with Crippen molar-refractivity contribution < 1.29 is 9.53 Å². The minimum absolute atomic E-state index is 0.190. The van der Waals surface area contributed by atoms with Crippen LogP contribution in [0.4, 0.5) is 5.69 Å². The highest BCUT2D eigenvalue weighted by atomic mass is 35.5. The fraction of sp³-hybridized carbons (Fsp3) is 0.0625. The van der Waals surface area contributed by atoms with Gasteiger partial charge < -0.3 is 10.1 Å². The van der Waals surface area contributed by atoms with Crippen LogP contribution in [0.2, 0.25) is 5.02 Å². The van der Waals surface area contributed by atoms with Gasteiger partial charge in [-0.1, -0.05) is 23.7 Å². The molecule has 0 fully saturated rings. The summed E-state index contributed by atoms with van der Waals surface area (Å²) in [5, 5.41) is 3.44. The van der Waals surface area contributed by atoms with E-state index in [0.717, 1.165) is 17.0 Å². The van der Waals surface area contributed by atoms with E-state index in [1.165, 1.54) is 6.08 Å². The molecule has 20 heavy (non-hydrogen) atoms. The molecule has 4 heteroatoms. The molecule has 0 aliphatic carbocycles. The summed E-state index contributed by atoms with van der Waals surface area (Å²) in [4.78, 5) is 11.8. The molecule has 1 amide bonds. The Morgan fingerprint density at radius 3 is 2.35 bits per heavy atom. The molecule has 0 aliphatic rings. The van der Waals surface area contributed by atoms with Crippen molar-refractivity contribution in [2.24, 2.45) is 0 Å². The second-order valence-corrected chi connectivity index (χ2v) is 4.54. The fourth-order valence-corrected chi connectivity index (χ4v) is 1.73. The number of halogens is 1. The first kappa shape index (κ1) is 14.2. The number of nitrogens with one attached hydrogen (secondary N) is 1. The average Bonchev–Trinajstić information content (AvgIpc) is 2.47. The first-order valence-corrected chi connectivity index (χ1v) is 6.44. The Kier molecular flexibility index (Phi) is 4.80. The van der Waals surface area contributed by atoms with E-state index >= 15 is 0 Å². The molecule has 1 N–H and O–H groups in total. The second kappa shape index (κ2) is 6.78. The summed E-state index contributed by atoms with van der Waals surface area (Å²) in [5.41, 5.74) is 1.64. The lowest BCUT2D eigenvalue weighted by Gasteiger charge is -2.03. The van der Waals surface area contributed by atoms with Crippen molar-refractivity contribution >= 4 is 29.3 Å². The molecule has 0 saturated heterocycles. The third-order valence-electron chi connectivity index (χ3n) is 2.65. The van der Waals surface area contributed by atoms with Gasteiger partial charge in [0.15, 0.2) is 0 Å². The summed E-state index contributed by atoms with van der Waals surface area (Å²) in [6.45, 7) is 0. The molecule has 0 aliphatic heterocycles. The predicted octanol–water partition coefficient (Wildman–Crippen LogP) is 4.00. The van der Waals surface area contributed by atoms with Crippen LogP contribution < -0.4 is 10.1 Å². The Hall–Kier alpha value is -2.26. The highest BCUT2D eigenvalue weighted by Crippen LogP contribution is 2.15. The maximum atomic E-state index is 11.8. The molecule has 0 saturated carbocycles. The minimum Gasteiger partial charge on any atom is -0.497 e. The Labute approximate surface area is 122 Å². The van der Waals surface area contributed by atoms with Crippen LogP contribution in [0.5, 0.6) is 5.75 Å². The SMILES string of the molecule is COc1ccc(NC(=O)/C=C/c2ccc(Cl)cc2)cc1. The lowest BCUT2D eigenvalue weighted by Crippen LogP contribution is -2.07. The monoisotopic (exact) mass is 287 g/mol. The van der Waals surface area contributed by atoms with Crippen molar-refractivity contribution in [3.63, 3.8) is 0 Å². The van der Waals surface area contributed by atoms with Gasteiger partial charge in [0, 0.05) is 16.8 Å². The van der Waals surface area contributed by atoms with E-state index in [2.05, 4.69) is 5.32 Å².